The number of nitrogens with zero attached hydrogens (tertiary/aromatic N) is 5. The molecule has 3 rings (SSSR count). The quantitative estimate of drug-likeness (QED) is 0.732. The van der Waals surface area contributed by atoms with Crippen molar-refractivity contribution in [2.45, 2.75) is 32.9 Å². The molecule has 1 aliphatic rings. The summed E-state index contributed by atoms with van der Waals surface area (Å²) in [4.78, 5) is 41.7. The van der Waals surface area contributed by atoms with Gasteiger partial charge in [-0.1, -0.05) is 19.1 Å². The number of allylic oxidation sites excluding steroid dienone is 1. The lowest BCUT2D eigenvalue weighted by atomic mass is 9.99. The highest BCUT2D eigenvalue weighted by molar-refractivity contribution is 5.97. The zero-order valence-corrected chi connectivity index (χ0v) is 18.8. The number of hydrogen-bond donors (Lipinski definition) is 1. The average Bonchev–Trinajstić information content (AvgIpc) is 2.81. The van der Waals surface area contributed by atoms with Gasteiger partial charge in [-0.2, -0.15) is 0 Å². The molecule has 170 valence electrons. The Morgan fingerprint density at radius 3 is 2.81 bits per heavy atom. The SMILES string of the molecule is CC=Cc1cnc2c(c1)C(=O)N([C@H](C)CO)C[C@H](C)[C@H](CN(C)C(=O)c1cnccn1)O2. The molecule has 2 amide bonds. The molecule has 3 atom stereocenters. The summed E-state index contributed by atoms with van der Waals surface area (Å²) in [6.07, 6.45) is 9.33. The van der Waals surface area contributed by atoms with Gasteiger partial charge in [-0.05, 0) is 25.5 Å². The Morgan fingerprint density at radius 1 is 1.38 bits per heavy atom. The number of fused-ring (bicyclic) bond motifs is 1. The first-order chi connectivity index (χ1) is 15.3. The van der Waals surface area contributed by atoms with Gasteiger partial charge in [-0.25, -0.2) is 9.97 Å². The molecule has 2 aromatic heterocycles. The van der Waals surface area contributed by atoms with E-state index in [1.54, 1.807) is 31.1 Å². The second-order valence-electron chi connectivity index (χ2n) is 8.02. The lowest BCUT2D eigenvalue weighted by Crippen LogP contribution is -2.50. The molecule has 9 heteroatoms. The molecule has 0 aromatic carbocycles. The third-order valence-corrected chi connectivity index (χ3v) is 5.48. The van der Waals surface area contributed by atoms with E-state index in [1.165, 1.54) is 23.5 Å². The fraction of sp³-hybridized carbons (Fsp3) is 0.435. The smallest absolute Gasteiger partial charge is 0.273 e. The molecule has 0 bridgehead atoms. The maximum absolute atomic E-state index is 13.3. The van der Waals surface area contributed by atoms with Crippen molar-refractivity contribution in [2.75, 3.05) is 26.7 Å². The molecule has 0 spiro atoms. The number of carbonyl (C=O) groups excluding carboxylic acids is 2. The summed E-state index contributed by atoms with van der Waals surface area (Å²) in [5.74, 6) is -0.426. The molecule has 0 unspecified atom stereocenters. The number of aliphatic hydroxyl groups is 1. The van der Waals surface area contributed by atoms with E-state index in [-0.39, 0.29) is 48.5 Å². The molecule has 3 heterocycles. The minimum atomic E-state index is -0.430. The van der Waals surface area contributed by atoms with Crippen LogP contribution in [0.5, 0.6) is 5.88 Å². The summed E-state index contributed by atoms with van der Waals surface area (Å²) in [6.45, 7) is 6.11. The van der Waals surface area contributed by atoms with E-state index in [2.05, 4.69) is 15.0 Å². The van der Waals surface area contributed by atoms with E-state index in [4.69, 9.17) is 4.74 Å². The largest absolute Gasteiger partial charge is 0.472 e. The van der Waals surface area contributed by atoms with Gasteiger partial charge in [-0.15, -0.1) is 0 Å². The zero-order valence-electron chi connectivity index (χ0n) is 18.8. The van der Waals surface area contributed by atoms with E-state index in [9.17, 15) is 14.7 Å². The average molecular weight is 440 g/mol. The van der Waals surface area contributed by atoms with E-state index >= 15 is 0 Å². The number of pyridine rings is 1. The normalized spacial score (nSPS) is 19.7. The van der Waals surface area contributed by atoms with Crippen molar-refractivity contribution in [3.05, 3.63) is 53.8 Å². The van der Waals surface area contributed by atoms with Gasteiger partial charge in [0, 0.05) is 38.1 Å². The standard InChI is InChI=1S/C23H29N5O4/c1-5-6-17-9-18-21(26-10-17)32-20(15(2)12-28(22(18)30)16(3)14-29)13-27(4)23(31)19-11-24-7-8-25-19/h5-11,15-16,20,29H,12-14H2,1-4H3/t15-,16+,20-/m0/s1. The van der Waals surface area contributed by atoms with Crippen LogP contribution in [0.15, 0.2) is 36.9 Å². The first-order valence-electron chi connectivity index (χ1n) is 10.6. The van der Waals surface area contributed by atoms with Gasteiger partial charge in [-0.3, -0.25) is 14.6 Å². The third kappa shape index (κ3) is 5.11. The van der Waals surface area contributed by atoms with Crippen LogP contribution in [0.1, 0.15) is 47.2 Å². The van der Waals surface area contributed by atoms with Gasteiger partial charge in [0.05, 0.1) is 25.4 Å². The van der Waals surface area contributed by atoms with Gasteiger partial charge < -0.3 is 19.6 Å². The van der Waals surface area contributed by atoms with Gasteiger partial charge in [0.1, 0.15) is 17.4 Å². The highest BCUT2D eigenvalue weighted by Gasteiger charge is 2.34. The van der Waals surface area contributed by atoms with Crippen molar-refractivity contribution < 1.29 is 19.4 Å². The van der Waals surface area contributed by atoms with Crippen molar-refractivity contribution in [1.82, 2.24) is 24.8 Å². The van der Waals surface area contributed by atoms with Gasteiger partial charge in [0.25, 0.3) is 11.8 Å². The van der Waals surface area contributed by atoms with Crippen LogP contribution in [-0.4, -0.2) is 80.6 Å². The number of carbonyl (C=O) groups is 2. The molecular weight excluding hydrogens is 410 g/mol. The maximum Gasteiger partial charge on any atom is 0.273 e. The molecule has 0 fully saturated rings. The van der Waals surface area contributed by atoms with Crippen molar-refractivity contribution in [2.24, 2.45) is 5.92 Å². The lowest BCUT2D eigenvalue weighted by molar-refractivity contribution is 0.0312. The van der Waals surface area contributed by atoms with Crippen LogP contribution in [0.2, 0.25) is 0 Å². The fourth-order valence-corrected chi connectivity index (χ4v) is 3.58. The minimum Gasteiger partial charge on any atom is -0.472 e. The van der Waals surface area contributed by atoms with E-state index in [0.29, 0.717) is 12.1 Å². The minimum absolute atomic E-state index is 0.129. The third-order valence-electron chi connectivity index (χ3n) is 5.48. The van der Waals surface area contributed by atoms with Crippen LogP contribution >= 0.6 is 0 Å². The van der Waals surface area contributed by atoms with Crippen LogP contribution in [0.25, 0.3) is 6.08 Å². The molecule has 0 saturated heterocycles. The van der Waals surface area contributed by atoms with Crippen LogP contribution in [0.3, 0.4) is 0 Å². The van der Waals surface area contributed by atoms with Gasteiger partial charge in [0.2, 0.25) is 5.88 Å². The topological polar surface area (TPSA) is 109 Å². The van der Waals surface area contributed by atoms with Crippen LogP contribution in [-0.2, 0) is 0 Å². The highest BCUT2D eigenvalue weighted by atomic mass is 16.5. The molecule has 1 N–H and O–H groups in total. The predicted molar refractivity (Wildman–Crippen MR) is 119 cm³/mol. The molecule has 0 radical (unpaired) electrons. The van der Waals surface area contributed by atoms with Crippen LogP contribution in [0, 0.1) is 5.92 Å². The summed E-state index contributed by atoms with van der Waals surface area (Å²) < 4.78 is 6.20. The second kappa shape index (κ2) is 10.3. The first-order valence-corrected chi connectivity index (χ1v) is 10.6. The van der Waals surface area contributed by atoms with Crippen molar-refractivity contribution in [3.63, 3.8) is 0 Å². The Labute approximate surface area is 187 Å². The monoisotopic (exact) mass is 439 g/mol. The summed E-state index contributed by atoms with van der Waals surface area (Å²) in [5, 5.41) is 9.73. The molecule has 32 heavy (non-hydrogen) atoms. The molecule has 0 saturated carbocycles. The van der Waals surface area contributed by atoms with Crippen molar-refractivity contribution in [3.8, 4) is 5.88 Å². The molecule has 0 aliphatic carbocycles. The van der Waals surface area contributed by atoms with Crippen LogP contribution < -0.4 is 4.74 Å². The molecular formula is C23H29N5O4. The Morgan fingerprint density at radius 2 is 2.16 bits per heavy atom. The van der Waals surface area contributed by atoms with E-state index in [0.717, 1.165) is 5.56 Å². The first kappa shape index (κ1) is 23.3. The maximum atomic E-state index is 13.3. The Balaban J connectivity index is 1.93. The number of ether oxygens (including phenoxy) is 1. The van der Waals surface area contributed by atoms with E-state index < -0.39 is 6.10 Å². The Bertz CT molecular complexity index is 982. The summed E-state index contributed by atoms with van der Waals surface area (Å²) >= 11 is 0. The Hall–Kier alpha value is -3.33. The number of likely N-dealkylation sites (N-methyl/N-ethyl adjacent to an activating group) is 1. The van der Waals surface area contributed by atoms with Gasteiger partial charge in [0.15, 0.2) is 0 Å². The number of amides is 2. The number of aliphatic hydroxyl groups excluding tert-OH is 1. The molecule has 1 aliphatic heterocycles. The summed E-state index contributed by atoms with van der Waals surface area (Å²) in [5.41, 5.74) is 1.36. The van der Waals surface area contributed by atoms with Crippen LogP contribution in [0.4, 0.5) is 0 Å². The Kier molecular flexibility index (Phi) is 7.53. The molecule has 2 aromatic rings. The number of aromatic nitrogens is 3. The van der Waals surface area contributed by atoms with Gasteiger partial charge >= 0.3 is 0 Å². The fourth-order valence-electron chi connectivity index (χ4n) is 3.58. The van der Waals surface area contributed by atoms with Crippen molar-refractivity contribution in [1.29, 1.82) is 0 Å². The second-order valence-corrected chi connectivity index (χ2v) is 8.02. The predicted octanol–water partition coefficient (Wildman–Crippen LogP) is 1.90. The number of hydrogen-bond acceptors (Lipinski definition) is 7. The number of rotatable bonds is 6. The highest BCUT2D eigenvalue weighted by Crippen LogP contribution is 2.27. The zero-order chi connectivity index (χ0) is 23.3. The van der Waals surface area contributed by atoms with E-state index in [1.807, 2.05) is 26.0 Å². The summed E-state index contributed by atoms with van der Waals surface area (Å²) in [7, 11) is 1.68. The molecule has 9 nitrogen and oxygen atoms in total. The van der Waals surface area contributed by atoms with Crippen molar-refractivity contribution >= 4 is 17.9 Å². The lowest BCUT2D eigenvalue weighted by Gasteiger charge is -2.37. The summed E-state index contributed by atoms with van der Waals surface area (Å²) in [6, 6.07) is 1.37.